The summed E-state index contributed by atoms with van der Waals surface area (Å²) < 4.78 is 4.70. The van der Waals surface area contributed by atoms with Crippen LogP contribution < -0.4 is 5.32 Å². The lowest BCUT2D eigenvalue weighted by atomic mass is 9.99. The molecule has 96 valence electrons. The van der Waals surface area contributed by atoms with Crippen molar-refractivity contribution >= 4 is 11.8 Å². The number of pyridine rings is 1. The summed E-state index contributed by atoms with van der Waals surface area (Å²) >= 11 is 0. The number of esters is 1. The molecule has 4 nitrogen and oxygen atoms in total. The zero-order valence-corrected chi connectivity index (χ0v) is 10.6. The van der Waals surface area contributed by atoms with E-state index in [4.69, 9.17) is 4.74 Å². The Bertz CT molecular complexity index is 621. The van der Waals surface area contributed by atoms with Crippen molar-refractivity contribution < 1.29 is 9.53 Å². The van der Waals surface area contributed by atoms with Gasteiger partial charge in [-0.05, 0) is 35.7 Å². The van der Waals surface area contributed by atoms with Crippen LogP contribution in [-0.2, 0) is 11.2 Å². The number of benzene rings is 1. The maximum absolute atomic E-state index is 11.4. The second-order valence-corrected chi connectivity index (χ2v) is 4.43. The van der Waals surface area contributed by atoms with Gasteiger partial charge in [0.25, 0.3) is 0 Å². The monoisotopic (exact) mass is 254 g/mol. The van der Waals surface area contributed by atoms with Crippen LogP contribution in [0.3, 0.4) is 0 Å². The lowest BCUT2D eigenvalue weighted by Gasteiger charge is -2.08. The largest absolute Gasteiger partial charge is 0.465 e. The first-order chi connectivity index (χ1) is 9.29. The maximum Gasteiger partial charge on any atom is 0.337 e. The summed E-state index contributed by atoms with van der Waals surface area (Å²) in [7, 11) is 1.39. The Hall–Kier alpha value is -2.36. The highest BCUT2D eigenvalue weighted by Crippen LogP contribution is 2.31. The van der Waals surface area contributed by atoms with E-state index in [0.717, 1.165) is 24.3 Å². The van der Waals surface area contributed by atoms with Crippen LogP contribution in [0.2, 0.25) is 0 Å². The van der Waals surface area contributed by atoms with Gasteiger partial charge < -0.3 is 10.1 Å². The van der Waals surface area contributed by atoms with Crippen LogP contribution >= 0.6 is 0 Å². The summed E-state index contributed by atoms with van der Waals surface area (Å²) in [6, 6.07) is 9.48. The highest BCUT2D eigenvalue weighted by atomic mass is 16.5. The number of aromatic nitrogens is 1. The molecule has 0 fully saturated rings. The van der Waals surface area contributed by atoms with Crippen LogP contribution in [0.5, 0.6) is 0 Å². The first kappa shape index (κ1) is 11.7. The van der Waals surface area contributed by atoms with E-state index in [1.54, 1.807) is 18.3 Å². The van der Waals surface area contributed by atoms with Crippen LogP contribution in [0.4, 0.5) is 5.82 Å². The molecule has 1 aliphatic heterocycles. The molecule has 3 rings (SSSR count). The van der Waals surface area contributed by atoms with Gasteiger partial charge in [0.05, 0.1) is 12.7 Å². The summed E-state index contributed by atoms with van der Waals surface area (Å²) in [5.74, 6) is 0.655. The minimum atomic E-state index is -0.312. The van der Waals surface area contributed by atoms with Gasteiger partial charge in [-0.2, -0.15) is 0 Å². The lowest BCUT2D eigenvalue weighted by molar-refractivity contribution is 0.0601. The molecular formula is C15H14N2O2. The SMILES string of the molecule is COC(=O)c1ccc(-c2ccnc3c2CCN3)cc1. The Morgan fingerprint density at radius 1 is 1.26 bits per heavy atom. The van der Waals surface area contributed by atoms with Gasteiger partial charge >= 0.3 is 5.97 Å². The topological polar surface area (TPSA) is 51.2 Å². The van der Waals surface area contributed by atoms with Gasteiger partial charge in [0.2, 0.25) is 0 Å². The van der Waals surface area contributed by atoms with E-state index >= 15 is 0 Å². The number of methoxy groups -OCH3 is 1. The fraction of sp³-hybridized carbons (Fsp3) is 0.200. The minimum Gasteiger partial charge on any atom is -0.465 e. The summed E-state index contributed by atoms with van der Waals surface area (Å²) in [5.41, 5.74) is 4.07. The number of carbonyl (C=O) groups is 1. The predicted octanol–water partition coefficient (Wildman–Crippen LogP) is 2.50. The molecule has 1 aromatic carbocycles. The molecule has 0 unspecified atom stereocenters. The lowest BCUT2D eigenvalue weighted by Crippen LogP contribution is -2.00. The number of anilines is 1. The van der Waals surface area contributed by atoms with E-state index in [-0.39, 0.29) is 5.97 Å². The van der Waals surface area contributed by atoms with E-state index in [0.29, 0.717) is 5.56 Å². The fourth-order valence-corrected chi connectivity index (χ4v) is 2.38. The molecule has 0 aliphatic carbocycles. The highest BCUT2D eigenvalue weighted by Gasteiger charge is 2.16. The van der Waals surface area contributed by atoms with Crippen LogP contribution in [0.1, 0.15) is 15.9 Å². The van der Waals surface area contributed by atoms with Crippen molar-refractivity contribution in [2.45, 2.75) is 6.42 Å². The number of nitrogens with one attached hydrogen (secondary N) is 1. The molecule has 0 radical (unpaired) electrons. The third-order valence-corrected chi connectivity index (χ3v) is 3.34. The summed E-state index contributed by atoms with van der Waals surface area (Å²) in [5, 5.41) is 3.26. The van der Waals surface area contributed by atoms with Crippen molar-refractivity contribution in [1.82, 2.24) is 4.98 Å². The Morgan fingerprint density at radius 2 is 2.05 bits per heavy atom. The van der Waals surface area contributed by atoms with Crippen LogP contribution in [0, 0.1) is 0 Å². The number of ether oxygens (including phenoxy) is 1. The molecule has 4 heteroatoms. The molecule has 2 aromatic rings. The summed E-state index contributed by atoms with van der Waals surface area (Å²) in [6.07, 6.45) is 2.79. The molecule has 1 N–H and O–H groups in total. The van der Waals surface area contributed by atoms with Gasteiger partial charge in [0, 0.05) is 18.3 Å². The summed E-state index contributed by atoms with van der Waals surface area (Å²) in [6.45, 7) is 0.930. The van der Waals surface area contributed by atoms with Crippen molar-refractivity contribution in [3.63, 3.8) is 0 Å². The summed E-state index contributed by atoms with van der Waals surface area (Å²) in [4.78, 5) is 15.7. The van der Waals surface area contributed by atoms with Gasteiger partial charge in [0.1, 0.15) is 5.82 Å². The van der Waals surface area contributed by atoms with Gasteiger partial charge in [-0.1, -0.05) is 12.1 Å². The Labute approximate surface area is 111 Å². The number of hydrogen-bond donors (Lipinski definition) is 1. The van der Waals surface area contributed by atoms with E-state index < -0.39 is 0 Å². The van der Waals surface area contributed by atoms with E-state index in [2.05, 4.69) is 10.3 Å². The molecule has 19 heavy (non-hydrogen) atoms. The Morgan fingerprint density at radius 3 is 2.79 bits per heavy atom. The molecule has 0 atom stereocenters. The average Bonchev–Trinajstić information content (AvgIpc) is 2.95. The van der Waals surface area contributed by atoms with E-state index in [1.165, 1.54) is 18.2 Å². The molecule has 0 amide bonds. The number of rotatable bonds is 2. The average molecular weight is 254 g/mol. The smallest absolute Gasteiger partial charge is 0.337 e. The van der Waals surface area contributed by atoms with Crippen molar-refractivity contribution in [1.29, 1.82) is 0 Å². The molecular weight excluding hydrogens is 240 g/mol. The fourth-order valence-electron chi connectivity index (χ4n) is 2.38. The first-order valence-electron chi connectivity index (χ1n) is 6.20. The Balaban J connectivity index is 1.99. The maximum atomic E-state index is 11.4. The van der Waals surface area contributed by atoms with Crippen LogP contribution in [0.25, 0.3) is 11.1 Å². The van der Waals surface area contributed by atoms with Crippen molar-refractivity contribution in [2.24, 2.45) is 0 Å². The number of nitrogens with zero attached hydrogens (tertiary/aromatic N) is 1. The normalized spacial score (nSPS) is 12.7. The van der Waals surface area contributed by atoms with Gasteiger partial charge in [-0.25, -0.2) is 9.78 Å². The zero-order chi connectivity index (χ0) is 13.2. The number of fused-ring (bicyclic) bond motifs is 1. The molecule has 0 bridgehead atoms. The minimum absolute atomic E-state index is 0.312. The molecule has 2 heterocycles. The van der Waals surface area contributed by atoms with Gasteiger partial charge in [0.15, 0.2) is 0 Å². The van der Waals surface area contributed by atoms with Crippen molar-refractivity contribution in [3.8, 4) is 11.1 Å². The highest BCUT2D eigenvalue weighted by molar-refractivity contribution is 5.90. The standard InChI is InChI=1S/C15H14N2O2/c1-19-15(18)11-4-2-10(3-5-11)12-6-8-16-14-13(12)7-9-17-14/h2-6,8H,7,9H2,1H3,(H,16,17). The zero-order valence-electron chi connectivity index (χ0n) is 10.6. The second kappa shape index (κ2) is 4.72. The quantitative estimate of drug-likeness (QED) is 0.837. The molecule has 1 aromatic heterocycles. The van der Waals surface area contributed by atoms with Crippen LogP contribution in [-0.4, -0.2) is 24.6 Å². The molecule has 0 spiro atoms. The van der Waals surface area contributed by atoms with Gasteiger partial charge in [-0.15, -0.1) is 0 Å². The first-order valence-corrected chi connectivity index (χ1v) is 6.20. The number of hydrogen-bond acceptors (Lipinski definition) is 4. The van der Waals surface area contributed by atoms with Gasteiger partial charge in [-0.3, -0.25) is 0 Å². The predicted molar refractivity (Wildman–Crippen MR) is 73.2 cm³/mol. The van der Waals surface area contributed by atoms with E-state index in [9.17, 15) is 4.79 Å². The third-order valence-electron chi connectivity index (χ3n) is 3.34. The van der Waals surface area contributed by atoms with Crippen molar-refractivity contribution in [2.75, 3.05) is 19.0 Å². The Kier molecular flexibility index (Phi) is 2.91. The van der Waals surface area contributed by atoms with Crippen molar-refractivity contribution in [3.05, 3.63) is 47.7 Å². The third kappa shape index (κ3) is 2.05. The van der Waals surface area contributed by atoms with E-state index in [1.807, 2.05) is 18.2 Å². The molecule has 1 aliphatic rings. The molecule has 0 saturated heterocycles. The molecule has 0 saturated carbocycles. The number of carbonyl (C=O) groups excluding carboxylic acids is 1. The second-order valence-electron chi connectivity index (χ2n) is 4.43. The van der Waals surface area contributed by atoms with Crippen LogP contribution in [0.15, 0.2) is 36.5 Å².